The van der Waals surface area contributed by atoms with Crippen LogP contribution in [0.5, 0.6) is 5.88 Å². The number of benzene rings is 2. The summed E-state index contributed by atoms with van der Waals surface area (Å²) in [5, 5.41) is 10.4. The van der Waals surface area contributed by atoms with Crippen LogP contribution in [0.25, 0.3) is 21.8 Å². The Bertz CT molecular complexity index is 2050. The number of ether oxygens (including phenoxy) is 1. The van der Waals surface area contributed by atoms with Crippen LogP contribution in [0.3, 0.4) is 0 Å². The molecule has 5 heterocycles. The van der Waals surface area contributed by atoms with Gasteiger partial charge in [-0.3, -0.25) is 9.69 Å². The second kappa shape index (κ2) is 11.7. The van der Waals surface area contributed by atoms with Crippen molar-refractivity contribution in [3.8, 4) is 11.9 Å². The highest BCUT2D eigenvalue weighted by molar-refractivity contribution is 6.04. The Balaban J connectivity index is 1.06. The number of likely N-dealkylation sites (tertiary alicyclic amines) is 1. The van der Waals surface area contributed by atoms with Crippen LogP contribution in [-0.4, -0.2) is 42.5 Å². The fourth-order valence-electron chi connectivity index (χ4n) is 5.92. The summed E-state index contributed by atoms with van der Waals surface area (Å²) < 4.78 is 27.8. The molecule has 1 N–H and O–H groups in total. The van der Waals surface area contributed by atoms with Crippen molar-refractivity contribution < 1.29 is 13.5 Å². The number of hydrogen-bond acceptors (Lipinski definition) is 8. The second-order valence-electron chi connectivity index (χ2n) is 10.9. The number of oxazole rings is 1. The number of rotatable bonds is 8. The fraction of sp³-hybridized carbons (Fsp3) is 0.242. The highest BCUT2D eigenvalue weighted by Crippen LogP contribution is 2.30. The molecule has 6 aromatic rings. The number of hydrogen-bond donors (Lipinski definition) is 1. The van der Waals surface area contributed by atoms with Gasteiger partial charge in [-0.15, -0.1) is 0 Å². The van der Waals surface area contributed by atoms with Gasteiger partial charge in [-0.1, -0.05) is 12.1 Å². The lowest BCUT2D eigenvalue weighted by molar-refractivity contribution is 0.196. The molecule has 2 aromatic carbocycles. The van der Waals surface area contributed by atoms with Gasteiger partial charge in [0.15, 0.2) is 6.39 Å². The third-order valence-corrected chi connectivity index (χ3v) is 8.21. The van der Waals surface area contributed by atoms with Gasteiger partial charge in [0.1, 0.15) is 24.0 Å². The first-order valence-electron chi connectivity index (χ1n) is 14.4. The Labute approximate surface area is 251 Å². The van der Waals surface area contributed by atoms with Gasteiger partial charge >= 0.3 is 0 Å². The van der Waals surface area contributed by atoms with Crippen molar-refractivity contribution in [3.63, 3.8) is 0 Å². The molecule has 1 fully saturated rings. The lowest BCUT2D eigenvalue weighted by Crippen LogP contribution is -2.33. The summed E-state index contributed by atoms with van der Waals surface area (Å²) in [7, 11) is 0. The molecule has 10 nitrogen and oxygen atoms in total. The van der Waals surface area contributed by atoms with Crippen LogP contribution in [0.4, 0.5) is 4.39 Å². The van der Waals surface area contributed by atoms with Crippen LogP contribution in [0.1, 0.15) is 47.2 Å². The second-order valence-corrected chi connectivity index (χ2v) is 10.9. The molecule has 220 valence electrons. The van der Waals surface area contributed by atoms with Crippen molar-refractivity contribution in [1.29, 1.82) is 5.26 Å². The number of nitrogens with zero attached hydrogens (tertiary/aromatic N) is 6. The van der Waals surface area contributed by atoms with Crippen molar-refractivity contribution in [1.82, 2.24) is 29.4 Å². The van der Waals surface area contributed by atoms with E-state index >= 15 is 0 Å². The number of fused-ring (bicyclic) bond motifs is 3. The Kier molecular flexibility index (Phi) is 7.33. The van der Waals surface area contributed by atoms with Crippen LogP contribution >= 0.6 is 0 Å². The van der Waals surface area contributed by atoms with Crippen LogP contribution in [0.2, 0.25) is 0 Å². The van der Waals surface area contributed by atoms with Gasteiger partial charge in [0.25, 0.3) is 5.56 Å². The van der Waals surface area contributed by atoms with Gasteiger partial charge in [0.05, 0.1) is 42.0 Å². The molecular weight excluding hydrogens is 561 g/mol. The molecule has 0 atom stereocenters. The fourth-order valence-corrected chi connectivity index (χ4v) is 5.92. The molecule has 11 heteroatoms. The van der Waals surface area contributed by atoms with Gasteiger partial charge in [-0.2, -0.15) is 5.26 Å². The Morgan fingerprint density at radius 3 is 2.75 bits per heavy atom. The molecule has 0 amide bonds. The van der Waals surface area contributed by atoms with E-state index in [1.165, 1.54) is 12.5 Å². The number of aromatic nitrogens is 5. The zero-order valence-electron chi connectivity index (χ0n) is 23.7. The number of H-pyrrole nitrogens is 1. The molecule has 1 aliphatic heterocycles. The molecule has 4 aromatic heterocycles. The average molecular weight is 590 g/mol. The van der Waals surface area contributed by atoms with Gasteiger partial charge in [-0.05, 0) is 62.3 Å². The molecular formula is C33H28FN7O3. The number of aromatic amines is 1. The molecule has 7 rings (SSSR count). The number of halogens is 1. The summed E-state index contributed by atoms with van der Waals surface area (Å²) in [6, 6.07) is 17.6. The molecule has 0 radical (unpaired) electrons. The summed E-state index contributed by atoms with van der Waals surface area (Å²) in [5.41, 5.74) is 3.20. The van der Waals surface area contributed by atoms with Crippen molar-refractivity contribution >= 4 is 21.8 Å². The van der Waals surface area contributed by atoms with Gasteiger partial charge < -0.3 is 18.7 Å². The minimum atomic E-state index is -0.469. The number of piperidine rings is 1. The minimum Gasteiger partial charge on any atom is -0.473 e. The van der Waals surface area contributed by atoms with Gasteiger partial charge in [0.2, 0.25) is 5.88 Å². The lowest BCUT2D eigenvalue weighted by Gasteiger charge is -2.31. The summed E-state index contributed by atoms with van der Waals surface area (Å²) >= 11 is 0. The molecule has 1 aliphatic rings. The van der Waals surface area contributed by atoms with E-state index in [2.05, 4.69) is 19.4 Å². The molecule has 1 saturated heterocycles. The molecule has 0 aliphatic carbocycles. The van der Waals surface area contributed by atoms with E-state index in [0.29, 0.717) is 35.7 Å². The zero-order chi connectivity index (χ0) is 30.0. The molecule has 0 unspecified atom stereocenters. The van der Waals surface area contributed by atoms with E-state index in [9.17, 15) is 9.18 Å². The topological polar surface area (TPSA) is 126 Å². The van der Waals surface area contributed by atoms with Crippen LogP contribution < -0.4 is 10.3 Å². The predicted octanol–water partition coefficient (Wildman–Crippen LogP) is 5.28. The first kappa shape index (κ1) is 27.5. The maximum Gasteiger partial charge on any atom is 0.255 e. The largest absolute Gasteiger partial charge is 0.473 e. The standard InChI is InChI=1S/C33H28FN7O3/c34-27-14-21(15-35)4-5-23(27)19-43-31-3-1-2-28(39-31)22-9-12-40(13-10-22)18-30-38-29-7-6-26-25(8-11-37-33(26)42)32(29)41(30)17-24-16-36-20-44-24/h1-8,11,14,16,20,22H,9-10,12-13,17-19H2,(H,37,42). The quantitative estimate of drug-likeness (QED) is 0.254. The van der Waals surface area contributed by atoms with Crippen LogP contribution in [0, 0.1) is 17.1 Å². The van der Waals surface area contributed by atoms with E-state index in [4.69, 9.17) is 24.4 Å². The molecule has 44 heavy (non-hydrogen) atoms. The van der Waals surface area contributed by atoms with Crippen LogP contribution in [0.15, 0.2) is 82.6 Å². The summed E-state index contributed by atoms with van der Waals surface area (Å²) in [4.78, 5) is 31.5. The Morgan fingerprint density at radius 1 is 1.07 bits per heavy atom. The SMILES string of the molecule is N#Cc1ccc(COc2cccc(C3CCN(Cc4nc5ccc6c(=O)[nH]ccc6c5n4Cc4cnco4)CC3)n2)c(F)c1. The van der Waals surface area contributed by atoms with E-state index in [-0.39, 0.29) is 23.6 Å². The van der Waals surface area contributed by atoms with E-state index in [0.717, 1.165) is 53.9 Å². The van der Waals surface area contributed by atoms with E-state index in [1.807, 2.05) is 36.4 Å². The Hall–Kier alpha value is -5.34. The predicted molar refractivity (Wildman–Crippen MR) is 160 cm³/mol. The minimum absolute atomic E-state index is 0.0329. The molecule has 0 spiro atoms. The van der Waals surface area contributed by atoms with Crippen molar-refractivity contribution in [2.75, 3.05) is 13.1 Å². The van der Waals surface area contributed by atoms with Crippen LogP contribution in [-0.2, 0) is 19.7 Å². The number of imidazole rings is 1. The van der Waals surface area contributed by atoms with Crippen molar-refractivity contribution in [2.45, 2.75) is 38.5 Å². The third-order valence-electron chi connectivity index (χ3n) is 8.21. The molecule has 0 bridgehead atoms. The number of pyridine rings is 2. The maximum absolute atomic E-state index is 14.3. The summed E-state index contributed by atoms with van der Waals surface area (Å²) in [6.07, 6.45) is 6.62. The van der Waals surface area contributed by atoms with E-state index < -0.39 is 5.82 Å². The summed E-state index contributed by atoms with van der Waals surface area (Å²) in [5.74, 6) is 1.85. The van der Waals surface area contributed by atoms with Crippen molar-refractivity contribution in [3.05, 3.63) is 118 Å². The normalized spacial score (nSPS) is 14.3. The molecule has 0 saturated carbocycles. The smallest absolute Gasteiger partial charge is 0.255 e. The highest BCUT2D eigenvalue weighted by Gasteiger charge is 2.24. The van der Waals surface area contributed by atoms with E-state index in [1.54, 1.807) is 30.6 Å². The zero-order valence-corrected chi connectivity index (χ0v) is 23.7. The van der Waals surface area contributed by atoms with Gasteiger partial charge in [0, 0.05) is 40.2 Å². The maximum atomic E-state index is 14.3. The number of nitrogens with one attached hydrogen (secondary N) is 1. The van der Waals surface area contributed by atoms with Gasteiger partial charge in [-0.25, -0.2) is 19.3 Å². The first-order chi connectivity index (χ1) is 21.6. The van der Waals surface area contributed by atoms with Crippen molar-refractivity contribution in [2.24, 2.45) is 0 Å². The lowest BCUT2D eigenvalue weighted by atomic mass is 9.93. The monoisotopic (exact) mass is 589 g/mol. The average Bonchev–Trinajstić information content (AvgIpc) is 3.69. The number of nitriles is 1. The third kappa shape index (κ3) is 5.43. The highest BCUT2D eigenvalue weighted by atomic mass is 19.1. The first-order valence-corrected chi connectivity index (χ1v) is 14.4. The Morgan fingerprint density at radius 2 is 1.95 bits per heavy atom. The summed E-state index contributed by atoms with van der Waals surface area (Å²) in [6.45, 7) is 2.86.